The van der Waals surface area contributed by atoms with Crippen LogP contribution in [0.4, 0.5) is 4.79 Å². The molecule has 3 rings (SSSR count). The molecule has 142 valence electrons. The fourth-order valence-corrected chi connectivity index (χ4v) is 2.70. The molecule has 7 heteroatoms. The van der Waals surface area contributed by atoms with Crippen LogP contribution in [0.2, 0.25) is 0 Å². The van der Waals surface area contributed by atoms with Crippen LogP contribution < -0.4 is 14.8 Å². The topological polar surface area (TPSA) is 91.7 Å². The quantitative estimate of drug-likeness (QED) is 0.617. The summed E-state index contributed by atoms with van der Waals surface area (Å²) >= 11 is 0. The lowest BCUT2D eigenvalue weighted by molar-refractivity contribution is -0.121. The normalized spacial score (nSPS) is 14.8. The van der Waals surface area contributed by atoms with Crippen LogP contribution in [0.5, 0.6) is 11.5 Å². The molecule has 1 N–H and O–H groups in total. The molecule has 2 aromatic carbocycles. The lowest BCUT2D eigenvalue weighted by Gasteiger charge is -2.13. The van der Waals surface area contributed by atoms with Crippen molar-refractivity contribution in [3.63, 3.8) is 0 Å². The zero-order valence-electron chi connectivity index (χ0n) is 15.6. The maximum atomic E-state index is 12.0. The van der Waals surface area contributed by atoms with E-state index in [1.54, 1.807) is 36.4 Å². The zero-order chi connectivity index (χ0) is 20.1. The number of carbonyl (C=O) groups is 2. The second-order valence-corrected chi connectivity index (χ2v) is 6.05. The highest BCUT2D eigenvalue weighted by atomic mass is 16.5. The lowest BCUT2D eigenvalue weighted by Crippen LogP contribution is -2.25. The molecular formula is C21H19N3O4. The van der Waals surface area contributed by atoms with Gasteiger partial charge in [-0.25, -0.2) is 4.79 Å². The van der Waals surface area contributed by atoms with Crippen LogP contribution in [-0.2, 0) is 11.4 Å². The average molecular weight is 377 g/mol. The summed E-state index contributed by atoms with van der Waals surface area (Å²) in [6, 6.07) is 14.1. The van der Waals surface area contributed by atoms with E-state index in [9.17, 15) is 14.9 Å². The Bertz CT molecular complexity index is 991. The van der Waals surface area contributed by atoms with Crippen molar-refractivity contribution in [3.8, 4) is 17.6 Å². The third-order valence-electron chi connectivity index (χ3n) is 4.18. The van der Waals surface area contributed by atoms with Gasteiger partial charge in [-0.2, -0.15) is 5.26 Å². The maximum Gasteiger partial charge on any atom is 0.328 e. The van der Waals surface area contributed by atoms with Crippen LogP contribution in [0.15, 0.2) is 48.2 Å². The minimum atomic E-state index is -0.461. The van der Waals surface area contributed by atoms with Gasteiger partial charge in [0, 0.05) is 12.6 Å². The molecule has 1 fully saturated rings. The van der Waals surface area contributed by atoms with Gasteiger partial charge in [0.25, 0.3) is 5.91 Å². The Kier molecular flexibility index (Phi) is 5.61. The predicted octanol–water partition coefficient (Wildman–Crippen LogP) is 3.06. The molecule has 7 nitrogen and oxygen atoms in total. The molecule has 0 aliphatic carbocycles. The van der Waals surface area contributed by atoms with Gasteiger partial charge in [0.2, 0.25) is 0 Å². The molecule has 0 atom stereocenters. The molecular weight excluding hydrogens is 358 g/mol. The van der Waals surface area contributed by atoms with E-state index in [0.717, 1.165) is 10.5 Å². The van der Waals surface area contributed by atoms with E-state index >= 15 is 0 Å². The van der Waals surface area contributed by atoms with Crippen molar-refractivity contribution in [2.75, 3.05) is 13.7 Å². The van der Waals surface area contributed by atoms with Gasteiger partial charge in [-0.3, -0.25) is 9.69 Å². The van der Waals surface area contributed by atoms with Gasteiger partial charge < -0.3 is 14.8 Å². The first-order chi connectivity index (χ1) is 13.5. The van der Waals surface area contributed by atoms with Gasteiger partial charge in [-0.1, -0.05) is 24.3 Å². The molecule has 0 bridgehead atoms. The van der Waals surface area contributed by atoms with E-state index in [-0.39, 0.29) is 12.3 Å². The molecule has 1 saturated heterocycles. The Balaban J connectivity index is 1.83. The maximum absolute atomic E-state index is 12.0. The van der Waals surface area contributed by atoms with Gasteiger partial charge in [0.1, 0.15) is 12.3 Å². The number of likely N-dealkylation sites (N-methyl/N-ethyl adjacent to an activating group) is 1. The zero-order valence-corrected chi connectivity index (χ0v) is 15.6. The standard InChI is InChI=1S/C21H19N3O4/c1-3-27-19-11-14(10-17-20(25)24(2)21(26)23-17)8-9-18(19)28-13-16-7-5-4-6-15(16)12-22/h4-11H,3,13H2,1-2H3,(H,23,26)/b17-10+. The van der Waals surface area contributed by atoms with E-state index in [0.29, 0.717) is 29.2 Å². The van der Waals surface area contributed by atoms with Gasteiger partial charge in [-0.15, -0.1) is 0 Å². The highest BCUT2D eigenvalue weighted by Gasteiger charge is 2.29. The average Bonchev–Trinajstić information content (AvgIpc) is 2.94. The second-order valence-electron chi connectivity index (χ2n) is 6.05. The van der Waals surface area contributed by atoms with Crippen molar-refractivity contribution in [1.29, 1.82) is 5.26 Å². The summed E-state index contributed by atoms with van der Waals surface area (Å²) in [5, 5.41) is 11.7. The van der Waals surface area contributed by atoms with Gasteiger partial charge in [0.15, 0.2) is 11.5 Å². The third kappa shape index (κ3) is 3.96. The highest BCUT2D eigenvalue weighted by Crippen LogP contribution is 2.30. The highest BCUT2D eigenvalue weighted by molar-refractivity contribution is 6.13. The Labute approximate surface area is 162 Å². The van der Waals surface area contributed by atoms with E-state index in [1.165, 1.54) is 7.05 Å². The van der Waals surface area contributed by atoms with E-state index in [1.807, 2.05) is 19.1 Å². The van der Waals surface area contributed by atoms with Crippen molar-refractivity contribution in [1.82, 2.24) is 10.2 Å². The van der Waals surface area contributed by atoms with Crippen LogP contribution in [0.25, 0.3) is 6.08 Å². The van der Waals surface area contributed by atoms with E-state index in [4.69, 9.17) is 9.47 Å². The third-order valence-corrected chi connectivity index (χ3v) is 4.18. The Morgan fingerprint density at radius 2 is 1.93 bits per heavy atom. The summed E-state index contributed by atoms with van der Waals surface area (Å²) in [6.45, 7) is 2.52. The second kappa shape index (κ2) is 8.27. The molecule has 0 aromatic heterocycles. The van der Waals surface area contributed by atoms with Crippen LogP contribution in [0, 0.1) is 11.3 Å². The van der Waals surface area contributed by atoms with Crippen LogP contribution in [0.3, 0.4) is 0 Å². The van der Waals surface area contributed by atoms with E-state index in [2.05, 4.69) is 11.4 Å². The Morgan fingerprint density at radius 3 is 2.61 bits per heavy atom. The first-order valence-electron chi connectivity index (χ1n) is 8.72. The summed E-state index contributed by atoms with van der Waals surface area (Å²) in [5.74, 6) is 0.642. The number of imide groups is 1. The number of hydrogen-bond donors (Lipinski definition) is 1. The SMILES string of the molecule is CCOc1cc(/C=C2/NC(=O)N(C)C2=O)ccc1OCc1ccccc1C#N. The number of hydrogen-bond acceptors (Lipinski definition) is 5. The number of nitrogens with zero attached hydrogens (tertiary/aromatic N) is 2. The number of nitrogens with one attached hydrogen (secondary N) is 1. The molecule has 1 heterocycles. The molecule has 3 amide bonds. The number of ether oxygens (including phenoxy) is 2. The van der Waals surface area contributed by atoms with Crippen LogP contribution in [0.1, 0.15) is 23.6 Å². The van der Waals surface area contributed by atoms with E-state index < -0.39 is 11.9 Å². The predicted molar refractivity (Wildman–Crippen MR) is 102 cm³/mol. The summed E-state index contributed by atoms with van der Waals surface area (Å²) in [7, 11) is 1.42. The molecule has 1 aliphatic heterocycles. The molecule has 0 unspecified atom stereocenters. The lowest BCUT2D eigenvalue weighted by atomic mass is 10.1. The van der Waals surface area contributed by atoms with Crippen molar-refractivity contribution < 1.29 is 19.1 Å². The monoisotopic (exact) mass is 377 g/mol. The summed E-state index contributed by atoms with van der Waals surface area (Å²) in [4.78, 5) is 24.6. The van der Waals surface area contributed by atoms with Crippen molar-refractivity contribution >= 4 is 18.0 Å². The molecule has 28 heavy (non-hydrogen) atoms. The number of benzene rings is 2. The fourth-order valence-electron chi connectivity index (χ4n) is 2.70. The minimum Gasteiger partial charge on any atom is -0.490 e. The summed E-state index contributed by atoms with van der Waals surface area (Å²) in [6.07, 6.45) is 1.58. The molecule has 0 saturated carbocycles. The number of amides is 3. The summed E-state index contributed by atoms with van der Waals surface area (Å²) in [5.41, 5.74) is 2.22. The minimum absolute atomic E-state index is 0.201. The molecule has 0 radical (unpaired) electrons. The number of carbonyl (C=O) groups excluding carboxylic acids is 2. The van der Waals surface area contributed by atoms with Crippen molar-refractivity contribution in [2.24, 2.45) is 0 Å². The molecule has 2 aromatic rings. The van der Waals surface area contributed by atoms with Crippen molar-refractivity contribution in [2.45, 2.75) is 13.5 Å². The van der Waals surface area contributed by atoms with Crippen LogP contribution in [-0.4, -0.2) is 30.5 Å². The summed E-state index contributed by atoms with van der Waals surface area (Å²) < 4.78 is 11.5. The largest absolute Gasteiger partial charge is 0.490 e. The molecule has 1 aliphatic rings. The number of urea groups is 1. The smallest absolute Gasteiger partial charge is 0.328 e. The van der Waals surface area contributed by atoms with Gasteiger partial charge in [-0.05, 0) is 36.8 Å². The Hall–Kier alpha value is -3.79. The molecule has 0 spiro atoms. The number of nitriles is 1. The number of rotatable bonds is 6. The Morgan fingerprint density at radius 1 is 1.14 bits per heavy atom. The van der Waals surface area contributed by atoms with Gasteiger partial charge in [0.05, 0.1) is 18.2 Å². The van der Waals surface area contributed by atoms with Crippen LogP contribution >= 0.6 is 0 Å². The first kappa shape index (κ1) is 19.0. The van der Waals surface area contributed by atoms with Crippen molar-refractivity contribution in [3.05, 3.63) is 64.9 Å². The first-order valence-corrected chi connectivity index (χ1v) is 8.72. The van der Waals surface area contributed by atoms with Gasteiger partial charge >= 0.3 is 6.03 Å². The fraction of sp³-hybridized carbons (Fsp3) is 0.190.